The number of nitrogens with one attached hydrogen (secondary N) is 2. The fourth-order valence-electron chi connectivity index (χ4n) is 2.21. The monoisotopic (exact) mass is 313 g/mol. The van der Waals surface area contributed by atoms with E-state index in [2.05, 4.69) is 21.9 Å². The van der Waals surface area contributed by atoms with Crippen LogP contribution in [0.5, 0.6) is 0 Å². The van der Waals surface area contributed by atoms with Crippen molar-refractivity contribution in [1.82, 2.24) is 9.71 Å². The molecule has 1 unspecified atom stereocenters. The molecule has 0 aliphatic carbocycles. The second-order valence-electron chi connectivity index (χ2n) is 5.13. The van der Waals surface area contributed by atoms with E-state index in [-0.39, 0.29) is 11.0 Å². The lowest BCUT2D eigenvalue weighted by molar-refractivity contribution is 0.105. The summed E-state index contributed by atoms with van der Waals surface area (Å²) >= 11 is 0. The Morgan fingerprint density at radius 2 is 2.24 bits per heavy atom. The minimum Gasteiger partial charge on any atom is -0.378 e. The van der Waals surface area contributed by atoms with Crippen LogP contribution in [0.15, 0.2) is 23.2 Å². The molecule has 2 rings (SSSR count). The third-order valence-electron chi connectivity index (χ3n) is 3.39. The van der Waals surface area contributed by atoms with Gasteiger partial charge in [0.25, 0.3) is 0 Å². The molecule has 6 nitrogen and oxygen atoms in total. The van der Waals surface area contributed by atoms with Gasteiger partial charge in [-0.2, -0.15) is 0 Å². The van der Waals surface area contributed by atoms with Gasteiger partial charge in [0.05, 0.1) is 6.10 Å². The average molecular weight is 313 g/mol. The predicted octanol–water partition coefficient (Wildman–Crippen LogP) is 1.75. The van der Waals surface area contributed by atoms with Crippen LogP contribution >= 0.6 is 0 Å². The number of anilines is 1. The third-order valence-corrected chi connectivity index (χ3v) is 4.83. The summed E-state index contributed by atoms with van der Waals surface area (Å²) in [6.07, 6.45) is 5.35. The lowest BCUT2D eigenvalue weighted by atomic mass is 10.2. The van der Waals surface area contributed by atoms with Gasteiger partial charge in [0, 0.05) is 25.9 Å². The van der Waals surface area contributed by atoms with E-state index in [0.717, 1.165) is 32.4 Å². The van der Waals surface area contributed by atoms with Crippen LogP contribution < -0.4 is 10.0 Å². The summed E-state index contributed by atoms with van der Waals surface area (Å²) in [6.45, 7) is 4.05. The van der Waals surface area contributed by atoms with E-state index < -0.39 is 10.0 Å². The van der Waals surface area contributed by atoms with E-state index in [4.69, 9.17) is 4.74 Å². The van der Waals surface area contributed by atoms with Crippen molar-refractivity contribution in [3.8, 4) is 0 Å². The second-order valence-corrected chi connectivity index (χ2v) is 6.89. The van der Waals surface area contributed by atoms with Gasteiger partial charge in [0.15, 0.2) is 0 Å². The van der Waals surface area contributed by atoms with Crippen LogP contribution in [0.1, 0.15) is 32.6 Å². The molecule has 0 spiro atoms. The highest BCUT2D eigenvalue weighted by Gasteiger charge is 2.18. The third kappa shape index (κ3) is 4.94. The van der Waals surface area contributed by atoms with Crippen molar-refractivity contribution in [1.29, 1.82) is 0 Å². The topological polar surface area (TPSA) is 80.3 Å². The van der Waals surface area contributed by atoms with Crippen LogP contribution in [0, 0.1) is 0 Å². The van der Waals surface area contributed by atoms with Gasteiger partial charge < -0.3 is 10.1 Å². The molecule has 1 atom stereocenters. The van der Waals surface area contributed by atoms with Crippen molar-refractivity contribution in [2.45, 2.75) is 43.6 Å². The zero-order chi connectivity index (χ0) is 15.1. The zero-order valence-corrected chi connectivity index (χ0v) is 13.2. The number of aromatic nitrogens is 1. The van der Waals surface area contributed by atoms with Gasteiger partial charge in [-0.1, -0.05) is 6.92 Å². The fourth-order valence-corrected chi connectivity index (χ4v) is 3.20. The summed E-state index contributed by atoms with van der Waals surface area (Å²) in [5.74, 6) is 0.690. The molecule has 2 heterocycles. The largest absolute Gasteiger partial charge is 0.378 e. The van der Waals surface area contributed by atoms with Crippen LogP contribution in [-0.2, 0) is 14.8 Å². The molecule has 1 saturated heterocycles. The van der Waals surface area contributed by atoms with Gasteiger partial charge in [-0.15, -0.1) is 0 Å². The summed E-state index contributed by atoms with van der Waals surface area (Å²) in [7, 11) is -3.49. The molecule has 21 heavy (non-hydrogen) atoms. The van der Waals surface area contributed by atoms with E-state index >= 15 is 0 Å². The quantitative estimate of drug-likeness (QED) is 0.764. The predicted molar refractivity (Wildman–Crippen MR) is 81.8 cm³/mol. The maximum Gasteiger partial charge on any atom is 0.242 e. The van der Waals surface area contributed by atoms with Crippen LogP contribution in [0.2, 0.25) is 0 Å². The van der Waals surface area contributed by atoms with E-state index in [0.29, 0.717) is 18.8 Å². The van der Waals surface area contributed by atoms with Crippen molar-refractivity contribution < 1.29 is 13.2 Å². The van der Waals surface area contributed by atoms with Crippen molar-refractivity contribution in [2.24, 2.45) is 0 Å². The van der Waals surface area contributed by atoms with Gasteiger partial charge in [-0.3, -0.25) is 0 Å². The molecule has 0 saturated carbocycles. The van der Waals surface area contributed by atoms with Crippen molar-refractivity contribution >= 4 is 15.8 Å². The highest BCUT2D eigenvalue weighted by atomic mass is 32.2. The number of nitrogens with zero attached hydrogens (tertiary/aromatic N) is 1. The smallest absolute Gasteiger partial charge is 0.242 e. The minimum atomic E-state index is -3.49. The van der Waals surface area contributed by atoms with E-state index in [1.807, 2.05) is 0 Å². The van der Waals surface area contributed by atoms with Crippen LogP contribution in [0.25, 0.3) is 0 Å². The molecule has 1 aromatic heterocycles. The summed E-state index contributed by atoms with van der Waals surface area (Å²) in [6, 6.07) is 3.25. The van der Waals surface area contributed by atoms with E-state index in [9.17, 15) is 8.42 Å². The Bertz CT molecular complexity index is 525. The number of hydrogen-bond acceptors (Lipinski definition) is 5. The first-order valence-electron chi connectivity index (χ1n) is 7.43. The van der Waals surface area contributed by atoms with Crippen LogP contribution in [0.4, 0.5) is 5.82 Å². The lowest BCUT2D eigenvalue weighted by Gasteiger charge is -2.11. The SMILES string of the molecule is CCCNc1ccc(S(=O)(=O)NCCC2CCCO2)cn1. The van der Waals surface area contributed by atoms with Gasteiger partial charge in [-0.25, -0.2) is 18.1 Å². The Hall–Kier alpha value is -1.18. The number of hydrogen-bond donors (Lipinski definition) is 2. The molecule has 1 aliphatic heterocycles. The summed E-state index contributed by atoms with van der Waals surface area (Å²) in [5.41, 5.74) is 0. The van der Waals surface area contributed by atoms with Gasteiger partial charge in [0.2, 0.25) is 10.0 Å². The first kappa shape index (κ1) is 16.2. The number of pyridine rings is 1. The highest BCUT2D eigenvalue weighted by Crippen LogP contribution is 2.15. The Kier molecular flexibility index (Phi) is 5.96. The maximum absolute atomic E-state index is 12.1. The Labute approximate surface area is 126 Å². The average Bonchev–Trinajstić information content (AvgIpc) is 2.98. The standard InChI is InChI=1S/C14H23N3O3S/c1-2-8-15-14-6-5-13(11-16-14)21(18,19)17-9-7-12-4-3-10-20-12/h5-6,11-12,17H,2-4,7-10H2,1H3,(H,15,16). The van der Waals surface area contributed by atoms with Crippen LogP contribution in [-0.4, -0.2) is 39.2 Å². The van der Waals surface area contributed by atoms with Crippen molar-refractivity contribution in [3.63, 3.8) is 0 Å². The fraction of sp³-hybridized carbons (Fsp3) is 0.643. The summed E-state index contributed by atoms with van der Waals surface area (Å²) in [5, 5.41) is 3.11. The van der Waals surface area contributed by atoms with Gasteiger partial charge >= 0.3 is 0 Å². The molecule has 0 bridgehead atoms. The molecule has 1 aliphatic rings. The molecule has 0 amide bonds. The summed E-state index contributed by atoms with van der Waals surface area (Å²) in [4.78, 5) is 4.30. The van der Waals surface area contributed by atoms with Gasteiger partial charge in [0.1, 0.15) is 10.7 Å². The second kappa shape index (κ2) is 7.72. The lowest BCUT2D eigenvalue weighted by Crippen LogP contribution is -2.27. The Morgan fingerprint density at radius 1 is 1.38 bits per heavy atom. The van der Waals surface area contributed by atoms with Crippen molar-refractivity contribution in [3.05, 3.63) is 18.3 Å². The molecule has 0 aromatic carbocycles. The molecule has 118 valence electrons. The number of rotatable bonds is 8. The molecule has 2 N–H and O–H groups in total. The zero-order valence-electron chi connectivity index (χ0n) is 12.3. The molecule has 0 radical (unpaired) electrons. The number of sulfonamides is 1. The first-order valence-corrected chi connectivity index (χ1v) is 8.91. The minimum absolute atomic E-state index is 0.187. The van der Waals surface area contributed by atoms with E-state index in [1.54, 1.807) is 12.1 Å². The van der Waals surface area contributed by atoms with Gasteiger partial charge in [-0.05, 0) is 37.8 Å². The normalized spacial score (nSPS) is 18.8. The molecular formula is C14H23N3O3S. The highest BCUT2D eigenvalue weighted by molar-refractivity contribution is 7.89. The maximum atomic E-state index is 12.1. The summed E-state index contributed by atoms with van der Waals surface area (Å²) < 4.78 is 32.3. The molecule has 7 heteroatoms. The molecule has 1 fully saturated rings. The Balaban J connectivity index is 1.85. The van der Waals surface area contributed by atoms with Crippen LogP contribution in [0.3, 0.4) is 0 Å². The van der Waals surface area contributed by atoms with Crippen molar-refractivity contribution in [2.75, 3.05) is 25.0 Å². The molecular weight excluding hydrogens is 290 g/mol. The first-order chi connectivity index (χ1) is 10.1. The van der Waals surface area contributed by atoms with E-state index in [1.165, 1.54) is 6.20 Å². The number of ether oxygens (including phenoxy) is 1. The Morgan fingerprint density at radius 3 is 2.86 bits per heavy atom. The molecule has 1 aromatic rings.